The normalized spacial score (nSPS) is 11.4. The van der Waals surface area contributed by atoms with Crippen molar-refractivity contribution in [2.24, 2.45) is 5.73 Å². The summed E-state index contributed by atoms with van der Waals surface area (Å²) in [7, 11) is 0. The van der Waals surface area contributed by atoms with E-state index in [1.807, 2.05) is 37.4 Å². The van der Waals surface area contributed by atoms with E-state index in [9.17, 15) is 14.4 Å². The van der Waals surface area contributed by atoms with Crippen LogP contribution in [0.4, 0.5) is 4.79 Å². The van der Waals surface area contributed by atoms with E-state index in [4.69, 9.17) is 15.2 Å². The van der Waals surface area contributed by atoms with Crippen molar-refractivity contribution >= 4 is 17.9 Å². The van der Waals surface area contributed by atoms with Crippen LogP contribution in [0.2, 0.25) is 0 Å². The Balaban J connectivity index is 2.38. The third-order valence-electron chi connectivity index (χ3n) is 2.83. The highest BCUT2D eigenvalue weighted by Crippen LogP contribution is 2.19. The number of amides is 3. The van der Waals surface area contributed by atoms with Gasteiger partial charge in [-0.1, -0.05) is 12.1 Å². The predicted octanol–water partition coefficient (Wildman–Crippen LogP) is 1.20. The summed E-state index contributed by atoms with van der Waals surface area (Å²) in [5, 5.41) is 1.83. The maximum atomic E-state index is 11.6. The molecule has 0 unspecified atom stereocenters. The van der Waals surface area contributed by atoms with Gasteiger partial charge < -0.3 is 15.2 Å². The fraction of sp³-hybridized carbons (Fsp3) is 0.400. The van der Waals surface area contributed by atoms with E-state index in [1.165, 1.54) is 6.92 Å². The number of primary amides is 1. The van der Waals surface area contributed by atoms with E-state index < -0.39 is 24.0 Å². The first-order valence-electron chi connectivity index (χ1n) is 6.79. The standard InChI is InChI=1S/C15H20N2O5/c1-9-4-5-10(2)12(8-9)21-7-6-13(18)22-11(3)14(19)17-15(16)20/h4-5,8,11H,6-7H2,1-3H3,(H3,16,17,19,20)/t11-/m1/s1. The molecule has 22 heavy (non-hydrogen) atoms. The Bertz CT molecular complexity index is 571. The second kappa shape index (κ2) is 8.02. The minimum Gasteiger partial charge on any atom is -0.493 e. The van der Waals surface area contributed by atoms with Gasteiger partial charge in [0.2, 0.25) is 0 Å². The van der Waals surface area contributed by atoms with Crippen LogP contribution in [0.1, 0.15) is 24.5 Å². The topological polar surface area (TPSA) is 108 Å². The highest BCUT2D eigenvalue weighted by atomic mass is 16.5. The van der Waals surface area contributed by atoms with Crippen LogP contribution in [-0.4, -0.2) is 30.6 Å². The zero-order valence-corrected chi connectivity index (χ0v) is 12.8. The van der Waals surface area contributed by atoms with Gasteiger partial charge in [-0.2, -0.15) is 0 Å². The lowest BCUT2D eigenvalue weighted by atomic mass is 10.1. The van der Waals surface area contributed by atoms with E-state index in [2.05, 4.69) is 0 Å². The maximum absolute atomic E-state index is 11.6. The molecule has 0 heterocycles. The summed E-state index contributed by atoms with van der Waals surface area (Å²) in [5.74, 6) is -0.666. The monoisotopic (exact) mass is 308 g/mol. The summed E-state index contributed by atoms with van der Waals surface area (Å²) < 4.78 is 10.4. The van der Waals surface area contributed by atoms with Gasteiger partial charge in [-0.05, 0) is 38.0 Å². The summed E-state index contributed by atoms with van der Waals surface area (Å²) in [6.07, 6.45) is -1.11. The van der Waals surface area contributed by atoms with Crippen LogP contribution < -0.4 is 15.8 Å². The molecule has 0 aliphatic carbocycles. The Morgan fingerprint density at radius 1 is 1.27 bits per heavy atom. The molecule has 120 valence electrons. The molecule has 1 rings (SSSR count). The van der Waals surface area contributed by atoms with Crippen LogP contribution >= 0.6 is 0 Å². The number of hydrogen-bond donors (Lipinski definition) is 2. The SMILES string of the molecule is Cc1ccc(C)c(OCCC(=O)O[C@H](C)C(=O)NC(N)=O)c1. The number of urea groups is 1. The molecule has 0 aromatic heterocycles. The molecule has 0 aliphatic rings. The van der Waals surface area contributed by atoms with Crippen LogP contribution in [0.25, 0.3) is 0 Å². The summed E-state index contributed by atoms with van der Waals surface area (Å²) in [6.45, 7) is 5.33. The zero-order chi connectivity index (χ0) is 16.7. The van der Waals surface area contributed by atoms with Crippen molar-refractivity contribution in [1.82, 2.24) is 5.32 Å². The van der Waals surface area contributed by atoms with E-state index in [1.54, 1.807) is 0 Å². The molecule has 0 fully saturated rings. The van der Waals surface area contributed by atoms with Gasteiger partial charge in [-0.15, -0.1) is 0 Å². The lowest BCUT2D eigenvalue weighted by Gasteiger charge is -2.13. The van der Waals surface area contributed by atoms with Crippen molar-refractivity contribution in [2.45, 2.75) is 33.3 Å². The Hall–Kier alpha value is -2.57. The van der Waals surface area contributed by atoms with Crippen LogP contribution in [0.15, 0.2) is 18.2 Å². The van der Waals surface area contributed by atoms with Gasteiger partial charge in [-0.3, -0.25) is 14.9 Å². The van der Waals surface area contributed by atoms with Crippen molar-refractivity contribution in [3.63, 3.8) is 0 Å². The van der Waals surface area contributed by atoms with Gasteiger partial charge in [0.1, 0.15) is 5.75 Å². The average molecular weight is 308 g/mol. The van der Waals surface area contributed by atoms with Gasteiger partial charge in [0.25, 0.3) is 5.91 Å². The minimum absolute atomic E-state index is 0.0123. The molecular weight excluding hydrogens is 288 g/mol. The molecule has 1 aromatic carbocycles. The molecule has 0 spiro atoms. The summed E-state index contributed by atoms with van der Waals surface area (Å²) in [4.78, 5) is 33.5. The van der Waals surface area contributed by atoms with Crippen LogP contribution in [0.3, 0.4) is 0 Å². The molecule has 3 amide bonds. The van der Waals surface area contributed by atoms with Crippen molar-refractivity contribution < 1.29 is 23.9 Å². The average Bonchev–Trinajstić information content (AvgIpc) is 2.41. The third kappa shape index (κ3) is 5.82. The maximum Gasteiger partial charge on any atom is 0.318 e. The highest BCUT2D eigenvalue weighted by molar-refractivity contribution is 5.96. The molecule has 7 nitrogen and oxygen atoms in total. The number of esters is 1. The Labute approximate surface area is 128 Å². The number of aryl methyl sites for hydroxylation is 2. The second-order valence-electron chi connectivity index (χ2n) is 4.85. The predicted molar refractivity (Wildman–Crippen MR) is 79.3 cm³/mol. The number of imide groups is 1. The molecule has 0 bridgehead atoms. The summed E-state index contributed by atoms with van der Waals surface area (Å²) in [5.41, 5.74) is 6.82. The Morgan fingerprint density at radius 2 is 1.95 bits per heavy atom. The first kappa shape index (κ1) is 17.5. The molecule has 0 saturated heterocycles. The molecule has 0 radical (unpaired) electrons. The highest BCUT2D eigenvalue weighted by Gasteiger charge is 2.18. The number of benzene rings is 1. The molecule has 3 N–H and O–H groups in total. The van der Waals surface area contributed by atoms with E-state index >= 15 is 0 Å². The third-order valence-corrected chi connectivity index (χ3v) is 2.83. The van der Waals surface area contributed by atoms with Gasteiger partial charge in [0, 0.05) is 0 Å². The van der Waals surface area contributed by atoms with Crippen molar-refractivity contribution in [1.29, 1.82) is 0 Å². The lowest BCUT2D eigenvalue weighted by Crippen LogP contribution is -2.42. The van der Waals surface area contributed by atoms with Crippen LogP contribution in [0.5, 0.6) is 5.75 Å². The molecule has 7 heteroatoms. The minimum atomic E-state index is -1.10. The Morgan fingerprint density at radius 3 is 2.59 bits per heavy atom. The molecular formula is C15H20N2O5. The molecule has 1 aromatic rings. The van der Waals surface area contributed by atoms with Crippen LogP contribution in [0, 0.1) is 13.8 Å². The van der Waals surface area contributed by atoms with Crippen LogP contribution in [-0.2, 0) is 14.3 Å². The van der Waals surface area contributed by atoms with Gasteiger partial charge in [0.05, 0.1) is 13.0 Å². The molecule has 1 atom stereocenters. The number of nitrogens with two attached hydrogens (primary N) is 1. The number of nitrogens with one attached hydrogen (secondary N) is 1. The molecule has 0 aliphatic heterocycles. The fourth-order valence-corrected chi connectivity index (χ4v) is 1.64. The largest absolute Gasteiger partial charge is 0.493 e. The number of carbonyl (C=O) groups is 3. The second-order valence-corrected chi connectivity index (χ2v) is 4.85. The summed E-state index contributed by atoms with van der Waals surface area (Å²) in [6, 6.07) is 4.78. The first-order chi connectivity index (χ1) is 10.3. The van der Waals surface area contributed by atoms with E-state index in [0.29, 0.717) is 5.75 Å². The Kier molecular flexibility index (Phi) is 6.37. The summed E-state index contributed by atoms with van der Waals surface area (Å²) >= 11 is 0. The van der Waals surface area contributed by atoms with Crippen molar-refractivity contribution in [2.75, 3.05) is 6.61 Å². The lowest BCUT2D eigenvalue weighted by molar-refractivity contribution is -0.154. The first-order valence-corrected chi connectivity index (χ1v) is 6.79. The number of rotatable bonds is 6. The number of hydrogen-bond acceptors (Lipinski definition) is 5. The molecule has 0 saturated carbocycles. The van der Waals surface area contributed by atoms with E-state index in [0.717, 1.165) is 11.1 Å². The fourth-order valence-electron chi connectivity index (χ4n) is 1.64. The van der Waals surface area contributed by atoms with Gasteiger partial charge in [0.15, 0.2) is 6.10 Å². The number of carbonyl (C=O) groups excluding carboxylic acids is 3. The van der Waals surface area contributed by atoms with Gasteiger partial charge in [-0.25, -0.2) is 4.79 Å². The van der Waals surface area contributed by atoms with E-state index in [-0.39, 0.29) is 13.0 Å². The number of ether oxygens (including phenoxy) is 2. The zero-order valence-electron chi connectivity index (χ0n) is 12.8. The van der Waals surface area contributed by atoms with Crippen molar-refractivity contribution in [3.05, 3.63) is 29.3 Å². The van der Waals surface area contributed by atoms with Gasteiger partial charge >= 0.3 is 12.0 Å². The van der Waals surface area contributed by atoms with Crippen molar-refractivity contribution in [3.8, 4) is 5.75 Å². The quantitative estimate of drug-likeness (QED) is 0.768. The smallest absolute Gasteiger partial charge is 0.318 e.